The standard InChI is InChI=1S/C12H13ClN4O2/c13-12-14-7-2-1-3-16-9(7)10(15-12)17-5-6(18)4-8(17)11(16)19/h6,8,18H,1-5H2/t6-,8-/m0/s1. The van der Waals surface area contributed by atoms with Gasteiger partial charge in [-0.25, -0.2) is 4.98 Å². The third-order valence-corrected chi connectivity index (χ3v) is 4.25. The summed E-state index contributed by atoms with van der Waals surface area (Å²) < 4.78 is 0. The van der Waals surface area contributed by atoms with Gasteiger partial charge in [0, 0.05) is 19.5 Å². The summed E-state index contributed by atoms with van der Waals surface area (Å²) in [5.74, 6) is 0.756. The van der Waals surface area contributed by atoms with Crippen LogP contribution in [0.25, 0.3) is 0 Å². The summed E-state index contributed by atoms with van der Waals surface area (Å²) >= 11 is 5.98. The molecular formula is C12H13ClN4O2. The first-order valence-corrected chi connectivity index (χ1v) is 6.85. The molecule has 0 aliphatic carbocycles. The van der Waals surface area contributed by atoms with Crippen molar-refractivity contribution in [3.8, 4) is 0 Å². The van der Waals surface area contributed by atoms with Gasteiger partial charge in [0.25, 0.3) is 0 Å². The molecule has 1 aromatic rings. The van der Waals surface area contributed by atoms with Crippen molar-refractivity contribution in [2.45, 2.75) is 31.4 Å². The molecule has 2 atom stereocenters. The Morgan fingerprint density at radius 1 is 1.37 bits per heavy atom. The lowest BCUT2D eigenvalue weighted by molar-refractivity contribution is -0.120. The molecule has 0 bridgehead atoms. The number of aliphatic hydroxyl groups excluding tert-OH is 1. The largest absolute Gasteiger partial charge is 0.391 e. The Hall–Kier alpha value is -1.40. The van der Waals surface area contributed by atoms with Gasteiger partial charge in [-0.2, -0.15) is 4.98 Å². The molecule has 1 fully saturated rings. The maximum absolute atomic E-state index is 12.5. The minimum Gasteiger partial charge on any atom is -0.391 e. The van der Waals surface area contributed by atoms with E-state index in [0.717, 1.165) is 24.2 Å². The summed E-state index contributed by atoms with van der Waals surface area (Å²) in [6.45, 7) is 1.13. The number of aliphatic hydroxyl groups is 1. The molecule has 3 aliphatic rings. The van der Waals surface area contributed by atoms with Crippen LogP contribution in [0.1, 0.15) is 18.5 Å². The lowest BCUT2D eigenvalue weighted by Crippen LogP contribution is -2.52. The van der Waals surface area contributed by atoms with Gasteiger partial charge in [-0.3, -0.25) is 4.79 Å². The normalized spacial score (nSPS) is 28.4. The third-order valence-electron chi connectivity index (χ3n) is 4.08. The zero-order chi connectivity index (χ0) is 13.1. The molecule has 1 aromatic heterocycles. The highest BCUT2D eigenvalue weighted by Crippen LogP contribution is 2.43. The Balaban J connectivity index is 1.94. The number of carbonyl (C=O) groups excluding carboxylic acids is 1. The lowest BCUT2D eigenvalue weighted by Gasteiger charge is -2.41. The molecule has 1 amide bonds. The molecule has 4 heterocycles. The molecule has 7 heteroatoms. The first-order chi connectivity index (χ1) is 9.15. The average Bonchev–Trinajstić information content (AvgIpc) is 2.77. The molecule has 6 nitrogen and oxygen atoms in total. The number of fused-ring (bicyclic) bond motifs is 2. The van der Waals surface area contributed by atoms with Gasteiger partial charge in [-0.1, -0.05) is 0 Å². The van der Waals surface area contributed by atoms with Gasteiger partial charge in [-0.05, 0) is 24.4 Å². The first-order valence-electron chi connectivity index (χ1n) is 6.47. The third kappa shape index (κ3) is 1.50. The Bertz CT molecular complexity index is 579. The van der Waals surface area contributed by atoms with Crippen molar-refractivity contribution in [2.75, 3.05) is 22.9 Å². The molecule has 1 N–H and O–H groups in total. The van der Waals surface area contributed by atoms with Crippen molar-refractivity contribution in [2.24, 2.45) is 0 Å². The van der Waals surface area contributed by atoms with Crippen molar-refractivity contribution in [3.63, 3.8) is 0 Å². The summed E-state index contributed by atoms with van der Waals surface area (Å²) in [4.78, 5) is 24.7. The molecule has 0 saturated carbocycles. The number of hydrogen-bond acceptors (Lipinski definition) is 5. The van der Waals surface area contributed by atoms with Gasteiger partial charge in [0.05, 0.1) is 11.8 Å². The Labute approximate surface area is 115 Å². The van der Waals surface area contributed by atoms with E-state index >= 15 is 0 Å². The SMILES string of the molecule is O=C1[C@@H]2C[C@H](O)CN2c2nc(Cl)nc3c2N1CCC3. The smallest absolute Gasteiger partial charge is 0.249 e. The second-order valence-electron chi connectivity index (χ2n) is 5.26. The van der Waals surface area contributed by atoms with Gasteiger partial charge in [-0.15, -0.1) is 0 Å². The van der Waals surface area contributed by atoms with Crippen molar-refractivity contribution >= 4 is 29.0 Å². The summed E-state index contributed by atoms with van der Waals surface area (Å²) in [5.41, 5.74) is 1.64. The van der Waals surface area contributed by atoms with Crippen LogP contribution in [0.5, 0.6) is 0 Å². The number of nitrogens with zero attached hydrogens (tertiary/aromatic N) is 4. The number of hydrogen-bond donors (Lipinski definition) is 1. The second-order valence-corrected chi connectivity index (χ2v) is 5.60. The van der Waals surface area contributed by atoms with E-state index in [0.29, 0.717) is 25.3 Å². The quantitative estimate of drug-likeness (QED) is 0.695. The van der Waals surface area contributed by atoms with Gasteiger partial charge in [0.15, 0.2) is 5.82 Å². The Morgan fingerprint density at radius 2 is 2.21 bits per heavy atom. The van der Waals surface area contributed by atoms with Crippen LogP contribution in [0.15, 0.2) is 0 Å². The molecule has 0 spiro atoms. The van der Waals surface area contributed by atoms with Gasteiger partial charge in [0.1, 0.15) is 11.7 Å². The fourth-order valence-corrected chi connectivity index (χ4v) is 3.49. The van der Waals surface area contributed by atoms with E-state index in [1.807, 2.05) is 4.90 Å². The topological polar surface area (TPSA) is 69.6 Å². The van der Waals surface area contributed by atoms with Crippen LogP contribution in [0.3, 0.4) is 0 Å². The van der Waals surface area contributed by atoms with Crippen molar-refractivity contribution in [1.29, 1.82) is 0 Å². The highest BCUT2D eigenvalue weighted by molar-refractivity contribution is 6.28. The van der Waals surface area contributed by atoms with Crippen molar-refractivity contribution in [3.05, 3.63) is 11.0 Å². The molecule has 4 rings (SSSR count). The fraction of sp³-hybridized carbons (Fsp3) is 0.583. The average molecular weight is 281 g/mol. The number of aryl methyl sites for hydroxylation is 1. The number of halogens is 1. The zero-order valence-corrected chi connectivity index (χ0v) is 11.0. The number of carbonyl (C=O) groups is 1. The number of aromatic nitrogens is 2. The van der Waals surface area contributed by atoms with Crippen molar-refractivity contribution < 1.29 is 9.90 Å². The lowest BCUT2D eigenvalue weighted by atomic mass is 10.0. The zero-order valence-electron chi connectivity index (χ0n) is 10.2. The van der Waals surface area contributed by atoms with Crippen LogP contribution in [-0.4, -0.2) is 46.2 Å². The Morgan fingerprint density at radius 3 is 3.05 bits per heavy atom. The minimum atomic E-state index is -0.486. The number of rotatable bonds is 0. The van der Waals surface area contributed by atoms with Crippen LogP contribution in [0.4, 0.5) is 11.5 Å². The van der Waals surface area contributed by atoms with Crippen LogP contribution in [0.2, 0.25) is 5.28 Å². The van der Waals surface area contributed by atoms with Crippen molar-refractivity contribution in [1.82, 2.24) is 9.97 Å². The number of anilines is 2. The molecule has 0 unspecified atom stereocenters. The first kappa shape index (κ1) is 11.4. The molecule has 19 heavy (non-hydrogen) atoms. The molecule has 1 saturated heterocycles. The fourth-order valence-electron chi connectivity index (χ4n) is 3.31. The van der Waals surface area contributed by atoms with Gasteiger partial charge < -0.3 is 14.9 Å². The molecule has 0 aromatic carbocycles. The van der Waals surface area contributed by atoms with E-state index < -0.39 is 6.10 Å². The van der Waals surface area contributed by atoms with Crippen LogP contribution < -0.4 is 9.80 Å². The van der Waals surface area contributed by atoms with E-state index in [9.17, 15) is 9.90 Å². The van der Waals surface area contributed by atoms with Gasteiger partial charge in [0.2, 0.25) is 11.2 Å². The summed E-state index contributed by atoms with van der Waals surface area (Å²) in [7, 11) is 0. The Kier molecular flexibility index (Phi) is 2.29. The maximum atomic E-state index is 12.5. The minimum absolute atomic E-state index is 0.0518. The van der Waals surface area contributed by atoms with Crippen LogP contribution >= 0.6 is 11.6 Å². The summed E-state index contributed by atoms with van der Waals surface area (Å²) in [6, 6.07) is -0.306. The molecule has 0 radical (unpaired) electrons. The molecule has 3 aliphatic heterocycles. The summed E-state index contributed by atoms with van der Waals surface area (Å²) in [5, 5.41) is 10.0. The van der Waals surface area contributed by atoms with Gasteiger partial charge >= 0.3 is 0 Å². The van der Waals surface area contributed by atoms with Crippen LogP contribution in [0, 0.1) is 0 Å². The highest BCUT2D eigenvalue weighted by Gasteiger charge is 2.46. The maximum Gasteiger partial charge on any atom is 0.249 e. The van der Waals surface area contributed by atoms with E-state index in [1.54, 1.807) is 4.90 Å². The van der Waals surface area contributed by atoms with E-state index in [-0.39, 0.29) is 17.2 Å². The molecule has 100 valence electrons. The van der Waals surface area contributed by atoms with Crippen LogP contribution in [-0.2, 0) is 11.2 Å². The predicted molar refractivity (Wildman–Crippen MR) is 69.5 cm³/mol. The monoisotopic (exact) mass is 280 g/mol. The summed E-state index contributed by atoms with van der Waals surface area (Å²) in [6.07, 6.45) is 1.68. The molecular weight excluding hydrogens is 268 g/mol. The number of amides is 1. The second kappa shape index (κ2) is 3.80. The predicted octanol–water partition coefficient (Wildman–Crippen LogP) is 0.362. The van der Waals surface area contributed by atoms with E-state index in [2.05, 4.69) is 9.97 Å². The van der Waals surface area contributed by atoms with E-state index in [1.165, 1.54) is 0 Å². The highest BCUT2D eigenvalue weighted by atomic mass is 35.5. The van der Waals surface area contributed by atoms with E-state index in [4.69, 9.17) is 11.6 Å².